The Labute approximate surface area is 145 Å². The molecule has 4 rings (SSSR count). The zero-order valence-corrected chi connectivity index (χ0v) is 14.3. The van der Waals surface area contributed by atoms with E-state index in [1.807, 2.05) is 23.6 Å². The van der Waals surface area contributed by atoms with Crippen molar-refractivity contribution in [1.82, 2.24) is 10.2 Å². The average Bonchev–Trinajstić information content (AvgIpc) is 3.33. The van der Waals surface area contributed by atoms with Crippen LogP contribution in [0.3, 0.4) is 0 Å². The third-order valence-corrected chi connectivity index (χ3v) is 5.85. The van der Waals surface area contributed by atoms with Crippen molar-refractivity contribution in [1.29, 1.82) is 0 Å². The van der Waals surface area contributed by atoms with Crippen molar-refractivity contribution in [3.05, 3.63) is 46.5 Å². The minimum atomic E-state index is -0.0174. The normalized spacial score (nSPS) is 27.1. The Balaban J connectivity index is 1.40. The molecule has 0 radical (unpaired) electrons. The molecule has 2 aromatic rings. The molecular formula is C18H22N2O3S. The molecule has 0 aliphatic carbocycles. The lowest BCUT2D eigenvalue weighted by molar-refractivity contribution is -0.129. The molecule has 0 unspecified atom stereocenters. The van der Waals surface area contributed by atoms with E-state index >= 15 is 0 Å². The van der Waals surface area contributed by atoms with Crippen molar-refractivity contribution in [2.45, 2.75) is 38.1 Å². The Morgan fingerprint density at radius 2 is 2.38 bits per heavy atom. The number of likely N-dealkylation sites (tertiary alicyclic amines) is 1. The van der Waals surface area contributed by atoms with Gasteiger partial charge >= 0.3 is 0 Å². The number of hydrogen-bond acceptors (Lipinski definition) is 5. The zero-order valence-electron chi connectivity index (χ0n) is 13.5. The Bertz CT molecular complexity index is 656. The number of carbonyl (C=O) groups excluding carboxylic acids is 1. The molecule has 2 fully saturated rings. The summed E-state index contributed by atoms with van der Waals surface area (Å²) in [5.74, 6) is 0.116. The van der Waals surface area contributed by atoms with Crippen LogP contribution in [0.1, 0.15) is 23.3 Å². The minimum Gasteiger partial charge on any atom is -0.472 e. The quantitative estimate of drug-likeness (QED) is 0.904. The molecule has 2 aliphatic heterocycles. The summed E-state index contributed by atoms with van der Waals surface area (Å²) in [5.41, 5.74) is 1.15. The molecule has 0 spiro atoms. The summed E-state index contributed by atoms with van der Waals surface area (Å²) >= 11 is 1.67. The lowest BCUT2D eigenvalue weighted by Crippen LogP contribution is -2.52. The van der Waals surface area contributed by atoms with Gasteiger partial charge in [-0.25, -0.2) is 0 Å². The van der Waals surface area contributed by atoms with Crippen LogP contribution < -0.4 is 5.32 Å². The summed E-state index contributed by atoms with van der Waals surface area (Å²) in [5, 5.41) is 5.12. The third kappa shape index (κ3) is 3.41. The molecule has 3 atom stereocenters. The molecule has 2 aliphatic rings. The summed E-state index contributed by atoms with van der Waals surface area (Å²) in [6, 6.07) is 6.47. The molecule has 0 aromatic carbocycles. The summed E-state index contributed by atoms with van der Waals surface area (Å²) in [7, 11) is 0. The van der Waals surface area contributed by atoms with Gasteiger partial charge in [0.05, 0.1) is 31.1 Å². The molecule has 2 aromatic heterocycles. The van der Waals surface area contributed by atoms with Gasteiger partial charge < -0.3 is 14.5 Å². The molecule has 1 amide bonds. The zero-order chi connectivity index (χ0) is 16.4. The highest BCUT2D eigenvalue weighted by molar-refractivity contribution is 7.09. The maximum atomic E-state index is 12.6. The predicted octanol–water partition coefficient (Wildman–Crippen LogP) is 2.64. The summed E-state index contributed by atoms with van der Waals surface area (Å²) in [4.78, 5) is 16.2. The van der Waals surface area contributed by atoms with E-state index in [4.69, 9.17) is 9.15 Å². The Kier molecular flexibility index (Phi) is 4.69. The number of nitrogens with one attached hydrogen (secondary N) is 1. The van der Waals surface area contributed by atoms with Crippen LogP contribution in [0.25, 0.3) is 0 Å². The van der Waals surface area contributed by atoms with Gasteiger partial charge in [0, 0.05) is 36.2 Å². The van der Waals surface area contributed by atoms with Crippen molar-refractivity contribution in [2.75, 3.05) is 13.2 Å². The average molecular weight is 346 g/mol. The number of nitrogens with zero attached hydrogens (tertiary/aromatic N) is 1. The molecule has 1 N–H and O–H groups in total. The fraction of sp³-hybridized carbons (Fsp3) is 0.500. The molecule has 0 bridgehead atoms. The van der Waals surface area contributed by atoms with Gasteiger partial charge in [0.25, 0.3) is 0 Å². The second kappa shape index (κ2) is 7.09. The molecule has 6 heteroatoms. The summed E-state index contributed by atoms with van der Waals surface area (Å²) in [6.07, 6.45) is 5.52. The van der Waals surface area contributed by atoms with Crippen molar-refractivity contribution < 1.29 is 13.9 Å². The first kappa shape index (κ1) is 15.9. The van der Waals surface area contributed by atoms with E-state index in [0.717, 1.165) is 38.1 Å². The molecular weight excluding hydrogens is 324 g/mol. The van der Waals surface area contributed by atoms with Crippen LogP contribution in [0, 0.1) is 5.92 Å². The summed E-state index contributed by atoms with van der Waals surface area (Å²) in [6.45, 7) is 3.01. The molecule has 0 saturated carbocycles. The van der Waals surface area contributed by atoms with E-state index in [0.29, 0.717) is 12.6 Å². The highest BCUT2D eigenvalue weighted by Gasteiger charge is 2.42. The largest absolute Gasteiger partial charge is 0.472 e. The number of amides is 1. The van der Waals surface area contributed by atoms with Gasteiger partial charge in [-0.3, -0.25) is 9.69 Å². The van der Waals surface area contributed by atoms with Gasteiger partial charge in [-0.2, -0.15) is 0 Å². The third-order valence-electron chi connectivity index (χ3n) is 4.97. The minimum absolute atomic E-state index is 0.0174. The molecule has 4 heterocycles. The molecule has 128 valence electrons. The fourth-order valence-electron chi connectivity index (χ4n) is 3.77. The first-order valence-electron chi connectivity index (χ1n) is 8.46. The molecule has 5 nitrogen and oxygen atoms in total. The number of ether oxygens (including phenoxy) is 1. The first-order chi connectivity index (χ1) is 11.8. The van der Waals surface area contributed by atoms with Crippen LogP contribution in [-0.4, -0.2) is 36.1 Å². The smallest absolute Gasteiger partial charge is 0.224 e. The molecule has 2 saturated heterocycles. The van der Waals surface area contributed by atoms with E-state index in [-0.39, 0.29) is 17.9 Å². The van der Waals surface area contributed by atoms with E-state index in [1.165, 1.54) is 4.88 Å². The maximum Gasteiger partial charge on any atom is 0.224 e. The standard InChI is InChI=1S/C18H22N2O3S/c21-18(19-9-15-2-1-7-24-15)14-8-17-16(4-6-23-17)20(11-14)10-13-3-5-22-12-13/h1-3,5,7,12,14,16-17H,4,6,8-11H2,(H,19,21)/t14-,16-,17-/m1/s1. The highest BCUT2D eigenvalue weighted by atomic mass is 32.1. The van der Waals surface area contributed by atoms with Crippen molar-refractivity contribution in [3.63, 3.8) is 0 Å². The second-order valence-corrected chi connectivity index (χ2v) is 7.59. The lowest BCUT2D eigenvalue weighted by Gasteiger charge is -2.40. The van der Waals surface area contributed by atoms with Crippen LogP contribution in [0.15, 0.2) is 40.5 Å². The van der Waals surface area contributed by atoms with E-state index in [2.05, 4.69) is 10.2 Å². The van der Waals surface area contributed by atoms with Gasteiger partial charge in [-0.1, -0.05) is 6.07 Å². The number of rotatable bonds is 5. The van der Waals surface area contributed by atoms with E-state index < -0.39 is 0 Å². The Morgan fingerprint density at radius 3 is 3.17 bits per heavy atom. The fourth-order valence-corrected chi connectivity index (χ4v) is 4.42. The second-order valence-electron chi connectivity index (χ2n) is 6.56. The number of thiophene rings is 1. The number of furan rings is 1. The Morgan fingerprint density at radius 1 is 1.42 bits per heavy atom. The molecule has 24 heavy (non-hydrogen) atoms. The van der Waals surface area contributed by atoms with Gasteiger partial charge in [-0.05, 0) is 30.4 Å². The summed E-state index contributed by atoms with van der Waals surface area (Å²) < 4.78 is 11.1. The number of carbonyl (C=O) groups is 1. The van der Waals surface area contributed by atoms with Crippen LogP contribution in [0.5, 0.6) is 0 Å². The van der Waals surface area contributed by atoms with Crippen LogP contribution >= 0.6 is 11.3 Å². The van der Waals surface area contributed by atoms with E-state index in [9.17, 15) is 4.79 Å². The van der Waals surface area contributed by atoms with E-state index in [1.54, 1.807) is 23.9 Å². The highest BCUT2D eigenvalue weighted by Crippen LogP contribution is 2.32. The monoisotopic (exact) mass is 346 g/mol. The lowest BCUT2D eigenvalue weighted by atomic mass is 9.89. The van der Waals surface area contributed by atoms with Crippen LogP contribution in [-0.2, 0) is 22.6 Å². The Hall–Kier alpha value is -1.63. The SMILES string of the molecule is O=C(NCc1cccs1)[C@@H]1C[C@H]2OCC[C@H]2N(Cc2ccoc2)C1. The van der Waals surface area contributed by atoms with Gasteiger partial charge in [0.15, 0.2) is 0 Å². The number of piperidine rings is 1. The number of fused-ring (bicyclic) bond motifs is 1. The maximum absolute atomic E-state index is 12.6. The van der Waals surface area contributed by atoms with Gasteiger partial charge in [0.1, 0.15) is 0 Å². The number of hydrogen-bond donors (Lipinski definition) is 1. The van der Waals surface area contributed by atoms with Crippen molar-refractivity contribution in [3.8, 4) is 0 Å². The van der Waals surface area contributed by atoms with Gasteiger partial charge in [-0.15, -0.1) is 11.3 Å². The van der Waals surface area contributed by atoms with Crippen molar-refractivity contribution in [2.24, 2.45) is 5.92 Å². The van der Waals surface area contributed by atoms with Crippen LogP contribution in [0.2, 0.25) is 0 Å². The van der Waals surface area contributed by atoms with Crippen molar-refractivity contribution >= 4 is 17.2 Å². The predicted molar refractivity (Wildman–Crippen MR) is 91.5 cm³/mol. The topological polar surface area (TPSA) is 54.7 Å². The van der Waals surface area contributed by atoms with Gasteiger partial charge in [0.2, 0.25) is 5.91 Å². The first-order valence-corrected chi connectivity index (χ1v) is 9.34. The van der Waals surface area contributed by atoms with Crippen LogP contribution in [0.4, 0.5) is 0 Å².